The standard InChI is InChI=1S/C30H37N3O7/c1-20(10-12-25(34)39-18-15-33-13-16-38-17-14-33)9-11-23-27(32-30(36)31-22-7-5-4-6-8-22)26-24(19-40-29(26)35)21(2)28(23)37-3/h4-9H,10-19H2,1-3H3,(H2,31,32,36). The first kappa shape index (κ1) is 29.1. The molecule has 10 nitrogen and oxygen atoms in total. The molecule has 0 atom stereocenters. The molecule has 0 radical (unpaired) electrons. The molecule has 2 heterocycles. The van der Waals surface area contributed by atoms with Crippen LogP contribution in [0.25, 0.3) is 0 Å². The number of cyclic esters (lactones) is 1. The molecule has 0 aromatic heterocycles. The molecule has 2 amide bonds. The maximum atomic E-state index is 12.9. The van der Waals surface area contributed by atoms with Crippen LogP contribution in [0.15, 0.2) is 42.0 Å². The summed E-state index contributed by atoms with van der Waals surface area (Å²) >= 11 is 0. The Kier molecular flexibility index (Phi) is 10.2. The van der Waals surface area contributed by atoms with Gasteiger partial charge in [0.25, 0.3) is 0 Å². The lowest BCUT2D eigenvalue weighted by Crippen LogP contribution is -2.38. The second-order valence-corrected chi connectivity index (χ2v) is 9.82. The predicted octanol–water partition coefficient (Wildman–Crippen LogP) is 4.46. The van der Waals surface area contributed by atoms with Crippen molar-refractivity contribution in [3.8, 4) is 5.75 Å². The Bertz CT molecular complexity index is 1250. The first-order chi connectivity index (χ1) is 19.4. The maximum absolute atomic E-state index is 12.9. The number of anilines is 2. The fourth-order valence-corrected chi connectivity index (χ4v) is 4.85. The molecule has 2 N–H and O–H groups in total. The smallest absolute Gasteiger partial charge is 0.341 e. The van der Waals surface area contributed by atoms with Gasteiger partial charge in [-0.1, -0.05) is 29.8 Å². The molecule has 4 rings (SSSR count). The van der Waals surface area contributed by atoms with Gasteiger partial charge in [-0.2, -0.15) is 0 Å². The Morgan fingerprint density at radius 2 is 1.85 bits per heavy atom. The van der Waals surface area contributed by atoms with Crippen molar-refractivity contribution < 1.29 is 33.3 Å². The molecule has 2 aliphatic rings. The van der Waals surface area contributed by atoms with Crippen LogP contribution in [0.2, 0.25) is 0 Å². The summed E-state index contributed by atoms with van der Waals surface area (Å²) in [7, 11) is 1.56. The number of fused-ring (bicyclic) bond motifs is 1. The van der Waals surface area contributed by atoms with Gasteiger partial charge in [0, 0.05) is 42.9 Å². The Balaban J connectivity index is 1.44. The molecule has 2 aromatic rings. The van der Waals surface area contributed by atoms with E-state index in [1.807, 2.05) is 38.1 Å². The van der Waals surface area contributed by atoms with Crippen molar-refractivity contribution in [2.24, 2.45) is 0 Å². The number of carbonyl (C=O) groups is 3. The highest BCUT2D eigenvalue weighted by molar-refractivity contribution is 6.08. The normalized spacial score (nSPS) is 15.3. The molecule has 2 aliphatic heterocycles. The number of urea groups is 1. The van der Waals surface area contributed by atoms with Crippen LogP contribution in [-0.2, 0) is 32.0 Å². The lowest BCUT2D eigenvalue weighted by Gasteiger charge is -2.26. The first-order valence-electron chi connectivity index (χ1n) is 13.5. The van der Waals surface area contributed by atoms with E-state index in [0.717, 1.165) is 24.2 Å². The Morgan fingerprint density at radius 3 is 2.58 bits per heavy atom. The van der Waals surface area contributed by atoms with Gasteiger partial charge in [-0.15, -0.1) is 0 Å². The number of hydrogen-bond donors (Lipinski definition) is 2. The summed E-state index contributed by atoms with van der Waals surface area (Å²) in [6, 6.07) is 8.55. The molecule has 0 bridgehead atoms. The average molecular weight is 552 g/mol. The summed E-state index contributed by atoms with van der Waals surface area (Å²) < 4.78 is 21.8. The number of amides is 2. The van der Waals surface area contributed by atoms with Crippen LogP contribution in [0.5, 0.6) is 5.75 Å². The van der Waals surface area contributed by atoms with Gasteiger partial charge in [-0.25, -0.2) is 9.59 Å². The second-order valence-electron chi connectivity index (χ2n) is 9.82. The van der Waals surface area contributed by atoms with Crippen LogP contribution in [0.4, 0.5) is 16.2 Å². The van der Waals surface area contributed by atoms with E-state index in [1.54, 1.807) is 19.2 Å². The number of ether oxygens (including phenoxy) is 4. The number of methoxy groups -OCH3 is 1. The number of nitrogens with zero attached hydrogens (tertiary/aromatic N) is 1. The van der Waals surface area contributed by atoms with Gasteiger partial charge >= 0.3 is 18.0 Å². The summed E-state index contributed by atoms with van der Waals surface area (Å²) in [5, 5.41) is 5.66. The van der Waals surface area contributed by atoms with Crippen molar-refractivity contribution in [2.75, 3.05) is 57.2 Å². The molecule has 40 heavy (non-hydrogen) atoms. The van der Waals surface area contributed by atoms with Crippen molar-refractivity contribution >= 4 is 29.3 Å². The average Bonchev–Trinajstić information content (AvgIpc) is 3.35. The maximum Gasteiger partial charge on any atom is 0.341 e. The molecule has 214 valence electrons. The summed E-state index contributed by atoms with van der Waals surface area (Å²) in [5.41, 5.74) is 4.45. The lowest BCUT2D eigenvalue weighted by molar-refractivity contribution is -0.144. The molecule has 1 fully saturated rings. The monoisotopic (exact) mass is 551 g/mol. The number of para-hydroxylation sites is 1. The number of allylic oxidation sites excluding steroid dienone is 2. The lowest BCUT2D eigenvalue weighted by atomic mass is 9.93. The summed E-state index contributed by atoms with van der Waals surface area (Å²) in [5.74, 6) is -0.147. The van der Waals surface area contributed by atoms with Crippen LogP contribution in [0.3, 0.4) is 0 Å². The highest BCUT2D eigenvalue weighted by Crippen LogP contribution is 2.41. The fraction of sp³-hybridized carbons (Fsp3) is 0.433. The van der Waals surface area contributed by atoms with Crippen molar-refractivity contribution in [3.05, 3.63) is 64.2 Å². The number of nitrogens with one attached hydrogen (secondary N) is 2. The largest absolute Gasteiger partial charge is 0.496 e. The third-order valence-electron chi connectivity index (χ3n) is 7.10. The molecule has 0 saturated carbocycles. The minimum absolute atomic E-state index is 0.119. The molecular weight excluding hydrogens is 514 g/mol. The van der Waals surface area contributed by atoms with E-state index in [0.29, 0.717) is 73.0 Å². The van der Waals surface area contributed by atoms with Crippen LogP contribution < -0.4 is 15.4 Å². The molecular formula is C30H37N3O7. The van der Waals surface area contributed by atoms with E-state index in [9.17, 15) is 14.4 Å². The highest BCUT2D eigenvalue weighted by Gasteiger charge is 2.32. The van der Waals surface area contributed by atoms with Crippen LogP contribution in [0, 0.1) is 6.92 Å². The van der Waals surface area contributed by atoms with E-state index >= 15 is 0 Å². The van der Waals surface area contributed by atoms with Gasteiger partial charge in [-0.05, 0) is 44.4 Å². The van der Waals surface area contributed by atoms with Gasteiger partial charge in [0.2, 0.25) is 0 Å². The third-order valence-corrected chi connectivity index (χ3v) is 7.10. The topological polar surface area (TPSA) is 115 Å². The van der Waals surface area contributed by atoms with Crippen molar-refractivity contribution in [3.63, 3.8) is 0 Å². The van der Waals surface area contributed by atoms with Gasteiger partial charge < -0.3 is 29.6 Å². The van der Waals surface area contributed by atoms with Crippen LogP contribution >= 0.6 is 0 Å². The van der Waals surface area contributed by atoms with Gasteiger partial charge in [0.1, 0.15) is 19.0 Å². The number of esters is 2. The van der Waals surface area contributed by atoms with E-state index < -0.39 is 12.0 Å². The van der Waals surface area contributed by atoms with Gasteiger partial charge in [-0.3, -0.25) is 9.69 Å². The van der Waals surface area contributed by atoms with Crippen LogP contribution in [-0.4, -0.2) is 69.4 Å². The van der Waals surface area contributed by atoms with Crippen molar-refractivity contribution in [1.82, 2.24) is 4.90 Å². The summed E-state index contributed by atoms with van der Waals surface area (Å²) in [6.07, 6.45) is 3.15. The Labute approximate surface area is 234 Å². The summed E-state index contributed by atoms with van der Waals surface area (Å²) in [4.78, 5) is 40.2. The molecule has 0 aliphatic carbocycles. The highest BCUT2D eigenvalue weighted by atomic mass is 16.5. The molecule has 0 unspecified atom stereocenters. The zero-order valence-corrected chi connectivity index (χ0v) is 23.3. The number of morpholine rings is 1. The quantitative estimate of drug-likeness (QED) is 0.311. The van der Waals surface area contributed by atoms with Gasteiger partial charge in [0.15, 0.2) is 0 Å². The first-order valence-corrected chi connectivity index (χ1v) is 13.5. The van der Waals surface area contributed by atoms with E-state index in [2.05, 4.69) is 15.5 Å². The molecule has 2 aromatic carbocycles. The Hall–Kier alpha value is -3.89. The molecule has 10 heteroatoms. The summed E-state index contributed by atoms with van der Waals surface area (Å²) in [6.45, 7) is 8.14. The fourth-order valence-electron chi connectivity index (χ4n) is 4.85. The van der Waals surface area contributed by atoms with Crippen molar-refractivity contribution in [2.45, 2.75) is 39.7 Å². The Morgan fingerprint density at radius 1 is 1.10 bits per heavy atom. The number of carbonyl (C=O) groups excluding carboxylic acids is 3. The van der Waals surface area contributed by atoms with Crippen molar-refractivity contribution in [1.29, 1.82) is 0 Å². The van der Waals surface area contributed by atoms with Crippen LogP contribution in [0.1, 0.15) is 46.8 Å². The number of hydrogen-bond acceptors (Lipinski definition) is 8. The second kappa shape index (κ2) is 14.0. The number of rotatable bonds is 11. The SMILES string of the molecule is COc1c(C)c2c(c(NC(=O)Nc3ccccc3)c1CC=C(C)CCC(=O)OCCN1CCOCC1)C(=O)OC2. The zero-order valence-electron chi connectivity index (χ0n) is 23.3. The van der Waals surface area contributed by atoms with E-state index in [1.165, 1.54) is 0 Å². The zero-order chi connectivity index (χ0) is 28.5. The minimum atomic E-state index is -0.488. The minimum Gasteiger partial charge on any atom is -0.496 e. The predicted molar refractivity (Wildman–Crippen MR) is 151 cm³/mol. The molecule has 0 spiro atoms. The van der Waals surface area contributed by atoms with E-state index in [-0.39, 0.29) is 19.0 Å². The third kappa shape index (κ3) is 7.40. The number of benzene rings is 2. The molecule has 1 saturated heterocycles. The van der Waals surface area contributed by atoms with Gasteiger partial charge in [0.05, 0.1) is 31.6 Å². The van der Waals surface area contributed by atoms with E-state index in [4.69, 9.17) is 18.9 Å².